The molecule has 1 atom stereocenters. The molecule has 1 aliphatic heterocycles. The second-order valence-electron chi connectivity index (χ2n) is 7.43. The summed E-state index contributed by atoms with van der Waals surface area (Å²) in [7, 11) is 0. The van der Waals surface area contributed by atoms with E-state index in [9.17, 15) is 0 Å². The number of para-hydroxylation sites is 1. The fourth-order valence-corrected chi connectivity index (χ4v) is 3.91. The Morgan fingerprint density at radius 2 is 1.88 bits per heavy atom. The van der Waals surface area contributed by atoms with Gasteiger partial charge in [-0.3, -0.25) is 4.99 Å². The number of benzene rings is 1. The Morgan fingerprint density at radius 1 is 1.16 bits per heavy atom. The van der Waals surface area contributed by atoms with Crippen molar-refractivity contribution in [3.63, 3.8) is 0 Å². The zero-order chi connectivity index (χ0) is 16.4. The van der Waals surface area contributed by atoms with Gasteiger partial charge in [0.05, 0.1) is 12.6 Å². The van der Waals surface area contributed by atoms with Crippen LogP contribution in [0.5, 0.6) is 5.75 Å². The lowest BCUT2D eigenvalue weighted by Gasteiger charge is -2.28. The summed E-state index contributed by atoms with van der Waals surface area (Å²) in [5.41, 5.74) is 1.25. The van der Waals surface area contributed by atoms with Crippen molar-refractivity contribution in [1.82, 2.24) is 10.6 Å². The van der Waals surface area contributed by atoms with E-state index in [0.29, 0.717) is 0 Å². The number of rotatable bonds is 6. The topological polar surface area (TPSA) is 45.7 Å². The molecule has 1 heterocycles. The van der Waals surface area contributed by atoms with Gasteiger partial charge in [-0.15, -0.1) is 24.0 Å². The van der Waals surface area contributed by atoms with Crippen molar-refractivity contribution in [2.45, 2.75) is 45.1 Å². The van der Waals surface area contributed by atoms with Crippen LogP contribution in [0, 0.1) is 17.8 Å². The van der Waals surface area contributed by atoms with E-state index >= 15 is 0 Å². The fourth-order valence-electron chi connectivity index (χ4n) is 3.91. The first-order valence-corrected chi connectivity index (χ1v) is 9.61. The maximum absolute atomic E-state index is 5.77. The average Bonchev–Trinajstić information content (AvgIpc) is 3.49. The highest BCUT2D eigenvalue weighted by Gasteiger charge is 2.41. The Morgan fingerprint density at radius 3 is 2.56 bits per heavy atom. The largest absolute Gasteiger partial charge is 0.493 e. The molecule has 0 bridgehead atoms. The van der Waals surface area contributed by atoms with Gasteiger partial charge >= 0.3 is 0 Å². The monoisotopic (exact) mass is 455 g/mol. The molecule has 1 unspecified atom stereocenters. The summed E-state index contributed by atoms with van der Waals surface area (Å²) in [5, 5.41) is 7.08. The van der Waals surface area contributed by atoms with Crippen molar-refractivity contribution >= 4 is 29.9 Å². The molecular formula is C20H30IN3O. The molecule has 2 aliphatic carbocycles. The van der Waals surface area contributed by atoms with E-state index in [2.05, 4.69) is 35.8 Å². The number of halogens is 1. The molecule has 5 heteroatoms. The molecule has 3 aliphatic rings. The third-order valence-corrected chi connectivity index (χ3v) is 5.53. The summed E-state index contributed by atoms with van der Waals surface area (Å²) in [6.07, 6.45) is 6.68. The predicted octanol–water partition coefficient (Wildman–Crippen LogP) is 4.12. The van der Waals surface area contributed by atoms with Gasteiger partial charge in [0.2, 0.25) is 0 Å². The van der Waals surface area contributed by atoms with Gasteiger partial charge in [0.1, 0.15) is 5.75 Å². The zero-order valence-electron chi connectivity index (χ0n) is 15.0. The molecular weight excluding hydrogens is 425 g/mol. The van der Waals surface area contributed by atoms with Crippen molar-refractivity contribution in [1.29, 1.82) is 0 Å². The number of nitrogens with zero attached hydrogens (tertiary/aromatic N) is 1. The number of ether oxygens (including phenoxy) is 1. The maximum Gasteiger partial charge on any atom is 0.191 e. The van der Waals surface area contributed by atoms with Crippen LogP contribution < -0.4 is 15.4 Å². The van der Waals surface area contributed by atoms with Crippen LogP contribution in [-0.4, -0.2) is 25.7 Å². The first-order valence-electron chi connectivity index (χ1n) is 9.61. The Balaban J connectivity index is 0.00000182. The summed E-state index contributed by atoms with van der Waals surface area (Å²) in [6, 6.07) is 8.63. The smallest absolute Gasteiger partial charge is 0.191 e. The number of guanidine groups is 1. The first-order chi connectivity index (χ1) is 11.8. The SMILES string of the molecule is CCNC(=NCC(C1CC1)C1CC1)NC1CCOc2ccccc21.I. The lowest BCUT2D eigenvalue weighted by molar-refractivity contribution is 0.261. The Hall–Kier alpha value is -0.980. The molecule has 4 rings (SSSR count). The highest BCUT2D eigenvalue weighted by Crippen LogP contribution is 2.49. The van der Waals surface area contributed by atoms with E-state index in [1.165, 1.54) is 31.2 Å². The third-order valence-electron chi connectivity index (χ3n) is 5.53. The van der Waals surface area contributed by atoms with E-state index in [1.54, 1.807) is 0 Å². The van der Waals surface area contributed by atoms with Crippen molar-refractivity contribution in [2.24, 2.45) is 22.7 Å². The van der Waals surface area contributed by atoms with Gasteiger partial charge in [-0.05, 0) is 56.4 Å². The van der Waals surface area contributed by atoms with Crippen LogP contribution in [0.2, 0.25) is 0 Å². The summed E-state index contributed by atoms with van der Waals surface area (Å²) in [4.78, 5) is 4.96. The summed E-state index contributed by atoms with van der Waals surface area (Å²) >= 11 is 0. The summed E-state index contributed by atoms with van der Waals surface area (Å²) < 4.78 is 5.77. The minimum absolute atomic E-state index is 0. The van der Waals surface area contributed by atoms with E-state index < -0.39 is 0 Å². The number of hydrogen-bond acceptors (Lipinski definition) is 2. The number of fused-ring (bicyclic) bond motifs is 1. The lowest BCUT2D eigenvalue weighted by Crippen LogP contribution is -2.41. The third kappa shape index (κ3) is 4.80. The van der Waals surface area contributed by atoms with Crippen molar-refractivity contribution < 1.29 is 4.74 Å². The molecule has 4 nitrogen and oxygen atoms in total. The lowest BCUT2D eigenvalue weighted by atomic mass is 9.98. The van der Waals surface area contributed by atoms with Crippen LogP contribution in [0.1, 0.15) is 50.6 Å². The molecule has 0 aromatic heterocycles. The second kappa shape index (κ2) is 8.60. The van der Waals surface area contributed by atoms with Gasteiger partial charge in [0.15, 0.2) is 5.96 Å². The van der Waals surface area contributed by atoms with E-state index in [1.807, 2.05) is 6.07 Å². The number of aliphatic imine (C=N–C) groups is 1. The molecule has 25 heavy (non-hydrogen) atoms. The van der Waals surface area contributed by atoms with Crippen LogP contribution in [0.4, 0.5) is 0 Å². The highest BCUT2D eigenvalue weighted by atomic mass is 127. The Bertz CT molecular complexity index is 586. The van der Waals surface area contributed by atoms with Crippen LogP contribution in [0.3, 0.4) is 0 Å². The highest BCUT2D eigenvalue weighted by molar-refractivity contribution is 14.0. The summed E-state index contributed by atoms with van der Waals surface area (Å²) in [6.45, 7) is 4.78. The minimum Gasteiger partial charge on any atom is -0.493 e. The number of hydrogen-bond donors (Lipinski definition) is 2. The van der Waals surface area contributed by atoms with Crippen LogP contribution in [0.15, 0.2) is 29.3 Å². The van der Waals surface area contributed by atoms with Crippen LogP contribution in [-0.2, 0) is 0 Å². The molecule has 2 saturated carbocycles. The Kier molecular flexibility index (Phi) is 6.47. The zero-order valence-corrected chi connectivity index (χ0v) is 17.4. The van der Waals surface area contributed by atoms with Crippen molar-refractivity contribution in [3.8, 4) is 5.75 Å². The molecule has 0 saturated heterocycles. The fraction of sp³-hybridized carbons (Fsp3) is 0.650. The van der Waals surface area contributed by atoms with Gasteiger partial charge in [0.25, 0.3) is 0 Å². The molecule has 1 aromatic rings. The molecule has 1 aromatic carbocycles. The van der Waals surface area contributed by atoms with Gasteiger partial charge < -0.3 is 15.4 Å². The average molecular weight is 455 g/mol. The van der Waals surface area contributed by atoms with Gasteiger partial charge in [-0.1, -0.05) is 18.2 Å². The molecule has 0 radical (unpaired) electrons. The van der Waals surface area contributed by atoms with Crippen molar-refractivity contribution in [3.05, 3.63) is 29.8 Å². The van der Waals surface area contributed by atoms with E-state index in [4.69, 9.17) is 9.73 Å². The number of nitrogens with one attached hydrogen (secondary N) is 2. The molecule has 138 valence electrons. The predicted molar refractivity (Wildman–Crippen MR) is 113 cm³/mol. The van der Waals surface area contributed by atoms with Crippen LogP contribution in [0.25, 0.3) is 0 Å². The molecule has 2 N–H and O–H groups in total. The van der Waals surface area contributed by atoms with Gasteiger partial charge in [0, 0.05) is 25.1 Å². The van der Waals surface area contributed by atoms with E-state index in [-0.39, 0.29) is 30.0 Å². The maximum atomic E-state index is 5.77. The minimum atomic E-state index is 0. The normalized spacial score (nSPS) is 22.6. The molecule has 0 amide bonds. The molecule has 2 fully saturated rings. The Labute approximate surface area is 168 Å². The van der Waals surface area contributed by atoms with Crippen LogP contribution >= 0.6 is 24.0 Å². The van der Waals surface area contributed by atoms with Gasteiger partial charge in [-0.2, -0.15) is 0 Å². The van der Waals surface area contributed by atoms with Gasteiger partial charge in [-0.25, -0.2) is 0 Å². The van der Waals surface area contributed by atoms with E-state index in [0.717, 1.165) is 55.6 Å². The standard InChI is InChI=1S/C20H29N3O.HI/c1-2-21-20(22-13-17(14-7-8-14)15-9-10-15)23-18-11-12-24-19-6-4-3-5-16(18)19;/h3-6,14-15,17-18H,2,7-13H2,1H3,(H2,21,22,23);1H. The first kappa shape index (κ1) is 18.8. The quantitative estimate of drug-likeness (QED) is 0.386. The van der Waals surface area contributed by atoms with Crippen molar-refractivity contribution in [2.75, 3.05) is 19.7 Å². The second-order valence-corrected chi connectivity index (χ2v) is 7.43. The summed E-state index contributed by atoms with van der Waals surface area (Å²) in [5.74, 6) is 4.69. The molecule has 0 spiro atoms.